The molecule has 0 unspecified atom stereocenters. The molecule has 0 aromatic heterocycles. The molecule has 0 bridgehead atoms. The maximum absolute atomic E-state index is 5.82. The molecule has 0 N–H and O–H groups in total. The van der Waals surface area contributed by atoms with Crippen LogP contribution in [0.15, 0.2) is 24.3 Å². The molecule has 1 aromatic rings. The molecule has 0 fully saturated rings. The first kappa shape index (κ1) is 12.2. The van der Waals surface area contributed by atoms with Crippen molar-refractivity contribution in [1.29, 1.82) is 0 Å². The van der Waals surface area contributed by atoms with Crippen LogP contribution in [0.2, 0.25) is 0 Å². The fourth-order valence-corrected chi connectivity index (χ4v) is 2.82. The van der Waals surface area contributed by atoms with Gasteiger partial charge in [0.25, 0.3) is 0 Å². The average molecular weight is 320 g/mol. The van der Waals surface area contributed by atoms with Crippen LogP contribution in [0.25, 0.3) is 0 Å². The Balaban J connectivity index is 2.97. The summed E-state index contributed by atoms with van der Waals surface area (Å²) >= 11 is -1.77. The van der Waals surface area contributed by atoms with Crippen LogP contribution in [0.4, 0.5) is 0 Å². The standard InChI is InChI=1S/C10H12O.2ClH.Ru/c1-8(2)11-10-7-5-4-6-9(10)3;;;/h3-8H,1-2H3;2*1H;/p-2. The van der Waals surface area contributed by atoms with E-state index in [1.165, 1.54) is 0 Å². The summed E-state index contributed by atoms with van der Waals surface area (Å²) in [6, 6.07) is 7.78. The molecule has 14 heavy (non-hydrogen) atoms. The monoisotopic (exact) mass is 320 g/mol. The van der Waals surface area contributed by atoms with E-state index < -0.39 is 13.5 Å². The quantitative estimate of drug-likeness (QED) is 0.774. The minimum atomic E-state index is -1.77. The second-order valence-corrected chi connectivity index (χ2v) is 8.74. The van der Waals surface area contributed by atoms with E-state index in [4.69, 9.17) is 24.1 Å². The Morgan fingerprint density at radius 3 is 2.50 bits per heavy atom. The number of benzene rings is 1. The molecule has 1 aromatic carbocycles. The second-order valence-electron chi connectivity index (χ2n) is 3.01. The first-order chi connectivity index (χ1) is 6.59. The fourth-order valence-electron chi connectivity index (χ4n) is 1.01. The zero-order valence-corrected chi connectivity index (χ0v) is 11.2. The van der Waals surface area contributed by atoms with E-state index in [1.807, 2.05) is 42.7 Å². The van der Waals surface area contributed by atoms with Crippen LogP contribution in [-0.2, 0) is 13.5 Å². The van der Waals surface area contributed by atoms with Gasteiger partial charge in [0.1, 0.15) is 0 Å². The summed E-state index contributed by atoms with van der Waals surface area (Å²) in [6.45, 7) is 3.99. The molecule has 82 valence electrons. The summed E-state index contributed by atoms with van der Waals surface area (Å²) in [5.74, 6) is 0.850. The normalized spacial score (nSPS) is 11.4. The molecular weight excluding hydrogens is 308 g/mol. The first-order valence-corrected chi connectivity index (χ1v) is 9.66. The summed E-state index contributed by atoms with van der Waals surface area (Å²) in [5.41, 5.74) is 0.991. The predicted octanol–water partition coefficient (Wildman–Crippen LogP) is 3.55. The molecule has 0 saturated heterocycles. The Morgan fingerprint density at radius 2 is 1.93 bits per heavy atom. The number of ether oxygens (including phenoxy) is 1. The number of para-hydroxylation sites is 1. The van der Waals surface area contributed by atoms with E-state index in [-0.39, 0.29) is 6.10 Å². The van der Waals surface area contributed by atoms with Crippen molar-refractivity contribution in [2.24, 2.45) is 0 Å². The van der Waals surface area contributed by atoms with Crippen molar-refractivity contribution in [3.05, 3.63) is 29.8 Å². The van der Waals surface area contributed by atoms with E-state index in [1.54, 1.807) is 0 Å². The van der Waals surface area contributed by atoms with Gasteiger partial charge in [-0.25, -0.2) is 0 Å². The first-order valence-electron chi connectivity index (χ1n) is 4.18. The van der Waals surface area contributed by atoms with Crippen molar-refractivity contribution in [1.82, 2.24) is 0 Å². The summed E-state index contributed by atoms with van der Waals surface area (Å²) in [5, 5.41) is 0. The zero-order valence-electron chi connectivity index (χ0n) is 7.98. The minimum absolute atomic E-state index is 0.163. The van der Waals surface area contributed by atoms with Crippen LogP contribution in [0, 0.1) is 0 Å². The Morgan fingerprint density at radius 1 is 1.29 bits per heavy atom. The van der Waals surface area contributed by atoms with Crippen LogP contribution >= 0.6 is 19.4 Å². The van der Waals surface area contributed by atoms with Gasteiger partial charge in [-0.05, 0) is 0 Å². The zero-order chi connectivity index (χ0) is 10.6. The van der Waals surface area contributed by atoms with Gasteiger partial charge in [0.2, 0.25) is 0 Å². The van der Waals surface area contributed by atoms with Crippen molar-refractivity contribution in [3.8, 4) is 5.75 Å². The van der Waals surface area contributed by atoms with Crippen LogP contribution in [0.5, 0.6) is 5.75 Å². The van der Waals surface area contributed by atoms with Crippen molar-refractivity contribution >= 4 is 24.0 Å². The van der Waals surface area contributed by atoms with Gasteiger partial charge < -0.3 is 0 Å². The average Bonchev–Trinajstić information content (AvgIpc) is 2.06. The molecule has 0 spiro atoms. The molecule has 0 aliphatic heterocycles. The van der Waals surface area contributed by atoms with Crippen molar-refractivity contribution < 1.29 is 18.3 Å². The molecule has 1 nitrogen and oxygen atoms in total. The van der Waals surface area contributed by atoms with Gasteiger partial charge in [0.05, 0.1) is 0 Å². The Hall–Kier alpha value is 0.0934. The van der Waals surface area contributed by atoms with Gasteiger partial charge in [-0.2, -0.15) is 0 Å². The Bertz CT molecular complexity index is 333. The van der Waals surface area contributed by atoms with Crippen molar-refractivity contribution in [2.45, 2.75) is 20.0 Å². The Kier molecular flexibility index (Phi) is 5.08. The third-order valence-electron chi connectivity index (χ3n) is 1.47. The fraction of sp³-hybridized carbons (Fsp3) is 0.300. The van der Waals surface area contributed by atoms with E-state index in [2.05, 4.69) is 0 Å². The summed E-state index contributed by atoms with van der Waals surface area (Å²) < 4.78 is 7.51. The second kappa shape index (κ2) is 5.85. The number of hydrogen-bond acceptors (Lipinski definition) is 1. The molecule has 0 aliphatic carbocycles. The molecule has 0 aliphatic rings. The molecule has 0 radical (unpaired) electrons. The van der Waals surface area contributed by atoms with E-state index in [0.29, 0.717) is 0 Å². The van der Waals surface area contributed by atoms with Crippen LogP contribution in [0.3, 0.4) is 0 Å². The van der Waals surface area contributed by atoms with Crippen LogP contribution in [0.1, 0.15) is 19.4 Å². The van der Waals surface area contributed by atoms with Crippen molar-refractivity contribution in [3.63, 3.8) is 0 Å². The molecule has 0 heterocycles. The third-order valence-corrected chi connectivity index (χ3v) is 3.30. The molecule has 0 atom stereocenters. The maximum atomic E-state index is 5.82. The molecule has 0 saturated carbocycles. The summed E-state index contributed by atoms with van der Waals surface area (Å²) in [4.78, 5) is 0. The topological polar surface area (TPSA) is 9.23 Å². The number of hydrogen-bond donors (Lipinski definition) is 0. The molecular formula is C10H12Cl2ORu-2. The van der Waals surface area contributed by atoms with Crippen LogP contribution in [-0.4, -0.2) is 10.7 Å². The van der Waals surface area contributed by atoms with E-state index >= 15 is 0 Å². The van der Waals surface area contributed by atoms with Gasteiger partial charge in [0.15, 0.2) is 0 Å². The third kappa shape index (κ3) is 4.08. The summed E-state index contributed by atoms with van der Waals surface area (Å²) in [7, 11) is 11.6. The van der Waals surface area contributed by atoms with Gasteiger partial charge in [-0.1, -0.05) is 0 Å². The molecule has 1 rings (SSSR count). The number of rotatable bonds is 3. The molecule has 4 heteroatoms. The van der Waals surface area contributed by atoms with E-state index in [9.17, 15) is 0 Å². The SMILES string of the molecule is CC(C)Oc1ccccc1[CH]=[Ru-2]([Cl])[Cl]. The van der Waals surface area contributed by atoms with Gasteiger partial charge >= 0.3 is 97.8 Å². The molecule has 0 amide bonds. The van der Waals surface area contributed by atoms with Gasteiger partial charge in [-0.3, -0.25) is 0 Å². The Labute approximate surface area is 97.5 Å². The predicted molar refractivity (Wildman–Crippen MR) is 59.1 cm³/mol. The van der Waals surface area contributed by atoms with E-state index in [0.717, 1.165) is 11.3 Å². The summed E-state index contributed by atoms with van der Waals surface area (Å²) in [6.07, 6.45) is 0.163. The van der Waals surface area contributed by atoms with Gasteiger partial charge in [0, 0.05) is 0 Å². The van der Waals surface area contributed by atoms with Gasteiger partial charge in [-0.15, -0.1) is 0 Å². The number of halogens is 2. The van der Waals surface area contributed by atoms with Crippen LogP contribution < -0.4 is 4.74 Å². The van der Waals surface area contributed by atoms with Crippen molar-refractivity contribution in [2.75, 3.05) is 0 Å².